The summed E-state index contributed by atoms with van der Waals surface area (Å²) in [5.74, 6) is -0.780. The summed E-state index contributed by atoms with van der Waals surface area (Å²) in [6, 6.07) is 4.00. The van der Waals surface area contributed by atoms with Gasteiger partial charge in [-0.1, -0.05) is 31.9 Å². The molecule has 0 aliphatic rings. The molecule has 0 saturated heterocycles. The predicted octanol–water partition coefficient (Wildman–Crippen LogP) is 2.44. The number of carbonyl (C=O) groups excluding carboxylic acids is 2. The standard InChI is InChI=1S/C14H19ClN2O3/c1-4-8(2)12(16)13(18)17-9-5-6-11(15)10(7-9)14(19)20-3/h5-8,12H,4,16H2,1-3H3,(H,17,18)/t8-,12-/m0/s1. The van der Waals surface area contributed by atoms with E-state index in [-0.39, 0.29) is 22.4 Å². The Labute approximate surface area is 123 Å². The molecule has 3 N–H and O–H groups in total. The van der Waals surface area contributed by atoms with E-state index in [1.54, 1.807) is 6.07 Å². The topological polar surface area (TPSA) is 81.4 Å². The zero-order chi connectivity index (χ0) is 15.3. The van der Waals surface area contributed by atoms with Gasteiger partial charge in [0.05, 0.1) is 23.7 Å². The molecule has 2 atom stereocenters. The number of carbonyl (C=O) groups is 2. The number of amides is 1. The molecule has 0 aliphatic heterocycles. The van der Waals surface area contributed by atoms with E-state index in [0.717, 1.165) is 6.42 Å². The van der Waals surface area contributed by atoms with Crippen LogP contribution in [-0.2, 0) is 9.53 Å². The molecule has 0 aromatic heterocycles. The smallest absolute Gasteiger partial charge is 0.339 e. The Bertz CT molecular complexity index is 505. The minimum Gasteiger partial charge on any atom is -0.465 e. The molecule has 0 unspecified atom stereocenters. The van der Waals surface area contributed by atoms with Gasteiger partial charge in [-0.05, 0) is 24.1 Å². The van der Waals surface area contributed by atoms with Crippen LogP contribution in [0, 0.1) is 5.92 Å². The molecule has 20 heavy (non-hydrogen) atoms. The Morgan fingerprint density at radius 3 is 2.65 bits per heavy atom. The Hall–Kier alpha value is -1.59. The highest BCUT2D eigenvalue weighted by atomic mass is 35.5. The maximum Gasteiger partial charge on any atom is 0.339 e. The van der Waals surface area contributed by atoms with Crippen molar-refractivity contribution in [2.24, 2.45) is 11.7 Å². The second kappa shape index (κ2) is 7.26. The van der Waals surface area contributed by atoms with E-state index in [1.807, 2.05) is 13.8 Å². The molecule has 1 rings (SSSR count). The number of nitrogens with one attached hydrogen (secondary N) is 1. The van der Waals surface area contributed by atoms with Gasteiger partial charge in [0.15, 0.2) is 0 Å². The molecular weight excluding hydrogens is 280 g/mol. The Kier molecular flexibility index (Phi) is 5.98. The number of esters is 1. The van der Waals surface area contributed by atoms with Crippen molar-refractivity contribution in [3.05, 3.63) is 28.8 Å². The Morgan fingerprint density at radius 1 is 1.45 bits per heavy atom. The van der Waals surface area contributed by atoms with Gasteiger partial charge >= 0.3 is 5.97 Å². The van der Waals surface area contributed by atoms with Crippen molar-refractivity contribution in [2.75, 3.05) is 12.4 Å². The van der Waals surface area contributed by atoms with Gasteiger partial charge in [-0.25, -0.2) is 4.79 Å². The normalized spacial score (nSPS) is 13.4. The highest BCUT2D eigenvalue weighted by Crippen LogP contribution is 2.21. The van der Waals surface area contributed by atoms with Crippen molar-refractivity contribution in [3.63, 3.8) is 0 Å². The van der Waals surface area contributed by atoms with Gasteiger partial charge in [-0.15, -0.1) is 0 Å². The van der Waals surface area contributed by atoms with Crippen molar-refractivity contribution in [2.45, 2.75) is 26.3 Å². The van der Waals surface area contributed by atoms with E-state index < -0.39 is 12.0 Å². The SMILES string of the molecule is CC[C@H](C)[C@H](N)C(=O)Nc1ccc(Cl)c(C(=O)OC)c1. The number of rotatable bonds is 5. The fourth-order valence-corrected chi connectivity index (χ4v) is 1.80. The molecule has 0 radical (unpaired) electrons. The highest BCUT2D eigenvalue weighted by molar-refractivity contribution is 6.33. The third-order valence-electron chi connectivity index (χ3n) is 3.20. The Balaban J connectivity index is 2.88. The van der Waals surface area contributed by atoms with Crippen LogP contribution in [0.2, 0.25) is 5.02 Å². The average molecular weight is 299 g/mol. The van der Waals surface area contributed by atoms with E-state index >= 15 is 0 Å². The van der Waals surface area contributed by atoms with Gasteiger partial charge in [0, 0.05) is 5.69 Å². The molecule has 0 bridgehead atoms. The molecule has 5 nitrogen and oxygen atoms in total. The molecule has 0 aliphatic carbocycles. The molecule has 0 heterocycles. The first-order chi connectivity index (χ1) is 9.40. The largest absolute Gasteiger partial charge is 0.465 e. The first kappa shape index (κ1) is 16.5. The van der Waals surface area contributed by atoms with E-state index in [1.165, 1.54) is 19.2 Å². The van der Waals surface area contributed by atoms with Gasteiger partial charge in [0.25, 0.3) is 0 Å². The highest BCUT2D eigenvalue weighted by Gasteiger charge is 2.20. The quantitative estimate of drug-likeness (QED) is 0.818. The lowest BCUT2D eigenvalue weighted by molar-refractivity contribution is -0.118. The van der Waals surface area contributed by atoms with Crippen molar-refractivity contribution in [1.82, 2.24) is 0 Å². The number of ether oxygens (including phenoxy) is 1. The van der Waals surface area contributed by atoms with Crippen LogP contribution < -0.4 is 11.1 Å². The molecule has 6 heteroatoms. The number of benzene rings is 1. The summed E-state index contributed by atoms with van der Waals surface area (Å²) in [5.41, 5.74) is 6.50. The first-order valence-corrected chi connectivity index (χ1v) is 6.72. The summed E-state index contributed by atoms with van der Waals surface area (Å²) in [7, 11) is 1.27. The molecular formula is C14H19ClN2O3. The molecule has 110 valence electrons. The summed E-state index contributed by atoms with van der Waals surface area (Å²) in [4.78, 5) is 23.5. The van der Waals surface area contributed by atoms with Crippen molar-refractivity contribution < 1.29 is 14.3 Å². The Morgan fingerprint density at radius 2 is 2.10 bits per heavy atom. The zero-order valence-electron chi connectivity index (χ0n) is 11.8. The maximum absolute atomic E-state index is 12.0. The first-order valence-electron chi connectivity index (χ1n) is 6.35. The van der Waals surface area contributed by atoms with Crippen molar-refractivity contribution in [3.8, 4) is 0 Å². The lowest BCUT2D eigenvalue weighted by atomic mass is 9.99. The number of halogens is 1. The van der Waals surface area contributed by atoms with Gasteiger partial charge < -0.3 is 15.8 Å². The maximum atomic E-state index is 12.0. The van der Waals surface area contributed by atoms with Gasteiger partial charge in [0.1, 0.15) is 0 Å². The number of hydrogen-bond acceptors (Lipinski definition) is 4. The van der Waals surface area contributed by atoms with E-state index in [0.29, 0.717) is 5.69 Å². The number of nitrogens with two attached hydrogens (primary N) is 1. The molecule has 1 aromatic carbocycles. The van der Waals surface area contributed by atoms with E-state index in [9.17, 15) is 9.59 Å². The van der Waals surface area contributed by atoms with Crippen LogP contribution in [0.5, 0.6) is 0 Å². The summed E-state index contributed by atoms with van der Waals surface area (Å²) in [6.45, 7) is 3.88. The van der Waals surface area contributed by atoms with Crippen LogP contribution in [0.4, 0.5) is 5.69 Å². The number of methoxy groups -OCH3 is 1. The summed E-state index contributed by atoms with van der Waals surface area (Å²) < 4.78 is 4.62. The van der Waals surface area contributed by atoms with Gasteiger partial charge in [-0.3, -0.25) is 4.79 Å². The van der Waals surface area contributed by atoms with Gasteiger partial charge in [0.2, 0.25) is 5.91 Å². The van der Waals surface area contributed by atoms with Crippen molar-refractivity contribution >= 4 is 29.2 Å². The average Bonchev–Trinajstić information content (AvgIpc) is 2.46. The molecule has 1 amide bonds. The van der Waals surface area contributed by atoms with E-state index in [4.69, 9.17) is 17.3 Å². The zero-order valence-corrected chi connectivity index (χ0v) is 12.5. The molecule has 1 aromatic rings. The van der Waals surface area contributed by atoms with Gasteiger partial charge in [-0.2, -0.15) is 0 Å². The van der Waals surface area contributed by atoms with Crippen molar-refractivity contribution in [1.29, 1.82) is 0 Å². The van der Waals surface area contributed by atoms with Crippen LogP contribution in [0.1, 0.15) is 30.6 Å². The second-order valence-electron chi connectivity index (χ2n) is 4.59. The van der Waals surface area contributed by atoms with Crippen LogP contribution in [0.25, 0.3) is 0 Å². The van der Waals surface area contributed by atoms with E-state index in [2.05, 4.69) is 10.1 Å². The van der Waals surface area contributed by atoms with Crippen LogP contribution in [0.3, 0.4) is 0 Å². The lowest BCUT2D eigenvalue weighted by Crippen LogP contribution is -2.40. The van der Waals surface area contributed by atoms with Crippen LogP contribution in [-0.4, -0.2) is 25.0 Å². The third-order valence-corrected chi connectivity index (χ3v) is 3.53. The molecule has 0 saturated carbocycles. The summed E-state index contributed by atoms with van der Waals surface area (Å²) >= 11 is 5.90. The monoisotopic (exact) mass is 298 g/mol. The molecule has 0 spiro atoms. The van der Waals surface area contributed by atoms with Crippen LogP contribution >= 0.6 is 11.6 Å². The minimum atomic E-state index is -0.600. The van der Waals surface area contributed by atoms with Crippen LogP contribution in [0.15, 0.2) is 18.2 Å². The fraction of sp³-hybridized carbons (Fsp3) is 0.429. The third kappa shape index (κ3) is 3.95. The summed E-state index contributed by atoms with van der Waals surface area (Å²) in [6.07, 6.45) is 0.808. The number of hydrogen-bond donors (Lipinski definition) is 2. The molecule has 0 fully saturated rings. The second-order valence-corrected chi connectivity index (χ2v) is 4.99. The lowest BCUT2D eigenvalue weighted by Gasteiger charge is -2.18. The minimum absolute atomic E-state index is 0.0716. The fourth-order valence-electron chi connectivity index (χ4n) is 1.61. The predicted molar refractivity (Wildman–Crippen MR) is 78.9 cm³/mol. The summed E-state index contributed by atoms with van der Waals surface area (Å²) in [5, 5.41) is 2.94. The number of anilines is 1.